The Labute approximate surface area is 114 Å². The van der Waals surface area contributed by atoms with Crippen LogP contribution in [0.2, 0.25) is 0 Å². The first-order valence-electron chi connectivity index (χ1n) is 7.83. The van der Waals surface area contributed by atoms with Gasteiger partial charge >= 0.3 is 0 Å². The van der Waals surface area contributed by atoms with E-state index in [0.717, 1.165) is 12.8 Å². The third-order valence-corrected chi connectivity index (χ3v) is 4.47. The Hall–Kier alpha value is -0.0800. The lowest BCUT2D eigenvalue weighted by Crippen LogP contribution is -2.63. The molecule has 0 amide bonds. The summed E-state index contributed by atoms with van der Waals surface area (Å²) in [6.45, 7) is 13.0. The van der Waals surface area contributed by atoms with E-state index in [0.29, 0.717) is 6.04 Å². The van der Waals surface area contributed by atoms with Crippen LogP contribution in [-0.4, -0.2) is 28.6 Å². The molecule has 0 saturated carbocycles. The second-order valence-electron chi connectivity index (χ2n) is 7.36. The molecule has 0 aromatic heterocycles. The van der Waals surface area contributed by atoms with E-state index in [2.05, 4.69) is 39.5 Å². The number of rotatable bonds is 6. The molecule has 108 valence electrons. The lowest BCUT2D eigenvalue weighted by Gasteiger charge is -2.55. The molecule has 0 bridgehead atoms. The van der Waals surface area contributed by atoms with E-state index < -0.39 is 0 Å². The minimum atomic E-state index is 0.256. The van der Waals surface area contributed by atoms with Crippen LogP contribution in [0.25, 0.3) is 0 Å². The van der Waals surface area contributed by atoms with Crippen molar-refractivity contribution in [2.75, 3.05) is 6.54 Å². The molecule has 0 spiro atoms. The summed E-state index contributed by atoms with van der Waals surface area (Å²) in [7, 11) is 0. The van der Waals surface area contributed by atoms with Crippen molar-refractivity contribution in [2.24, 2.45) is 5.73 Å². The SMILES string of the molecule is CCCCCCCN1C(C)(C)CC(N)CC1(C)C. The van der Waals surface area contributed by atoms with Gasteiger partial charge < -0.3 is 5.73 Å². The minimum absolute atomic E-state index is 0.256. The van der Waals surface area contributed by atoms with Crippen molar-refractivity contribution in [3.63, 3.8) is 0 Å². The van der Waals surface area contributed by atoms with E-state index >= 15 is 0 Å². The molecule has 2 N–H and O–H groups in total. The van der Waals surface area contributed by atoms with Gasteiger partial charge in [0.25, 0.3) is 0 Å². The predicted octanol–water partition coefficient (Wildman–Crippen LogP) is 3.94. The molecule has 1 heterocycles. The zero-order valence-electron chi connectivity index (χ0n) is 13.3. The van der Waals surface area contributed by atoms with Crippen molar-refractivity contribution < 1.29 is 0 Å². The third kappa shape index (κ3) is 4.24. The highest BCUT2D eigenvalue weighted by Crippen LogP contribution is 2.37. The van der Waals surface area contributed by atoms with Gasteiger partial charge in [-0.3, -0.25) is 4.90 Å². The summed E-state index contributed by atoms with van der Waals surface area (Å²) in [6.07, 6.45) is 9.08. The largest absolute Gasteiger partial charge is 0.328 e. The number of nitrogens with zero attached hydrogens (tertiary/aromatic N) is 1. The van der Waals surface area contributed by atoms with Gasteiger partial charge in [0.2, 0.25) is 0 Å². The monoisotopic (exact) mass is 254 g/mol. The maximum absolute atomic E-state index is 6.22. The molecular formula is C16H34N2. The first-order valence-corrected chi connectivity index (χ1v) is 7.83. The molecule has 0 unspecified atom stereocenters. The number of hydrogen-bond acceptors (Lipinski definition) is 2. The summed E-state index contributed by atoms with van der Waals surface area (Å²) in [5.74, 6) is 0. The molecule has 0 atom stereocenters. The lowest BCUT2D eigenvalue weighted by atomic mass is 9.77. The zero-order chi connectivity index (χ0) is 13.8. The highest BCUT2D eigenvalue weighted by atomic mass is 15.3. The molecule has 18 heavy (non-hydrogen) atoms. The van der Waals surface area contributed by atoms with Crippen LogP contribution in [0, 0.1) is 0 Å². The van der Waals surface area contributed by atoms with E-state index in [1.54, 1.807) is 0 Å². The average molecular weight is 254 g/mol. The first-order chi connectivity index (χ1) is 8.29. The maximum Gasteiger partial charge on any atom is 0.0173 e. The molecule has 1 aliphatic heterocycles. The molecule has 0 aromatic rings. The maximum atomic E-state index is 6.22. The Bertz CT molecular complexity index is 227. The van der Waals surface area contributed by atoms with E-state index in [9.17, 15) is 0 Å². The van der Waals surface area contributed by atoms with E-state index in [1.165, 1.54) is 38.6 Å². The summed E-state index contributed by atoms with van der Waals surface area (Å²) in [5.41, 5.74) is 6.73. The summed E-state index contributed by atoms with van der Waals surface area (Å²) in [5, 5.41) is 0. The van der Waals surface area contributed by atoms with Crippen molar-refractivity contribution in [3.05, 3.63) is 0 Å². The number of nitrogens with two attached hydrogens (primary N) is 1. The quantitative estimate of drug-likeness (QED) is 0.728. The second-order valence-corrected chi connectivity index (χ2v) is 7.36. The highest BCUT2D eigenvalue weighted by Gasteiger charge is 2.43. The highest BCUT2D eigenvalue weighted by molar-refractivity contribution is 5.01. The Morgan fingerprint density at radius 2 is 1.44 bits per heavy atom. The van der Waals surface area contributed by atoms with Crippen LogP contribution in [0.1, 0.15) is 79.6 Å². The van der Waals surface area contributed by atoms with Gasteiger partial charge in [0.05, 0.1) is 0 Å². The van der Waals surface area contributed by atoms with Crippen LogP contribution in [0.3, 0.4) is 0 Å². The molecule has 1 fully saturated rings. The Kier molecular flexibility index (Phi) is 5.67. The fraction of sp³-hybridized carbons (Fsp3) is 1.00. The van der Waals surface area contributed by atoms with Gasteiger partial charge in [-0.2, -0.15) is 0 Å². The molecule has 0 aliphatic carbocycles. The molecule has 0 aromatic carbocycles. The standard InChI is InChI=1S/C16H34N2/c1-6-7-8-9-10-11-18-15(2,3)12-14(17)13-16(18,4)5/h14H,6-13,17H2,1-5H3. The molecule has 2 nitrogen and oxygen atoms in total. The lowest BCUT2D eigenvalue weighted by molar-refractivity contribution is -0.0355. The Morgan fingerprint density at radius 1 is 0.944 bits per heavy atom. The third-order valence-electron chi connectivity index (χ3n) is 4.47. The topological polar surface area (TPSA) is 29.3 Å². The average Bonchev–Trinajstić information content (AvgIpc) is 2.18. The van der Waals surface area contributed by atoms with Gasteiger partial charge in [0, 0.05) is 17.1 Å². The number of piperidine rings is 1. The van der Waals surface area contributed by atoms with Crippen LogP contribution in [0.4, 0.5) is 0 Å². The second kappa shape index (κ2) is 6.38. The van der Waals surface area contributed by atoms with Gasteiger partial charge in [-0.1, -0.05) is 32.6 Å². The normalized spacial score (nSPS) is 24.3. The number of likely N-dealkylation sites (tertiary alicyclic amines) is 1. The fourth-order valence-electron chi connectivity index (χ4n) is 3.87. The molecule has 2 heteroatoms. The van der Waals surface area contributed by atoms with Gasteiger partial charge in [0.1, 0.15) is 0 Å². The zero-order valence-corrected chi connectivity index (χ0v) is 13.3. The van der Waals surface area contributed by atoms with Gasteiger partial charge in [0.15, 0.2) is 0 Å². The van der Waals surface area contributed by atoms with E-state index in [1.807, 2.05) is 0 Å². The summed E-state index contributed by atoms with van der Waals surface area (Å²) < 4.78 is 0. The van der Waals surface area contributed by atoms with Crippen molar-refractivity contribution in [1.29, 1.82) is 0 Å². The summed E-state index contributed by atoms with van der Waals surface area (Å²) in [4.78, 5) is 2.70. The van der Waals surface area contributed by atoms with Crippen LogP contribution in [0.15, 0.2) is 0 Å². The smallest absolute Gasteiger partial charge is 0.0173 e. The van der Waals surface area contributed by atoms with Crippen molar-refractivity contribution in [3.8, 4) is 0 Å². The molecule has 1 rings (SSSR count). The molecule has 1 aliphatic rings. The van der Waals surface area contributed by atoms with Crippen LogP contribution in [0.5, 0.6) is 0 Å². The van der Waals surface area contributed by atoms with Gasteiger partial charge in [-0.15, -0.1) is 0 Å². The fourth-order valence-corrected chi connectivity index (χ4v) is 3.87. The minimum Gasteiger partial charge on any atom is -0.328 e. The molecule has 0 radical (unpaired) electrons. The summed E-state index contributed by atoms with van der Waals surface area (Å²) in [6, 6.07) is 0.367. The Morgan fingerprint density at radius 3 is 1.94 bits per heavy atom. The first kappa shape index (κ1) is 16.0. The van der Waals surface area contributed by atoms with E-state index in [-0.39, 0.29) is 11.1 Å². The molecular weight excluding hydrogens is 220 g/mol. The van der Waals surface area contributed by atoms with Crippen LogP contribution >= 0.6 is 0 Å². The van der Waals surface area contributed by atoms with Gasteiger partial charge in [-0.25, -0.2) is 0 Å². The van der Waals surface area contributed by atoms with Crippen molar-refractivity contribution >= 4 is 0 Å². The van der Waals surface area contributed by atoms with Crippen molar-refractivity contribution in [2.45, 2.75) is 96.7 Å². The van der Waals surface area contributed by atoms with Crippen LogP contribution in [-0.2, 0) is 0 Å². The number of hydrogen-bond donors (Lipinski definition) is 1. The predicted molar refractivity (Wildman–Crippen MR) is 80.8 cm³/mol. The summed E-state index contributed by atoms with van der Waals surface area (Å²) >= 11 is 0. The van der Waals surface area contributed by atoms with Gasteiger partial charge in [-0.05, 0) is 53.5 Å². The molecule has 1 saturated heterocycles. The number of unbranched alkanes of at least 4 members (excludes halogenated alkanes) is 4. The van der Waals surface area contributed by atoms with E-state index in [4.69, 9.17) is 5.73 Å². The van der Waals surface area contributed by atoms with Crippen LogP contribution < -0.4 is 5.73 Å². The Balaban J connectivity index is 2.49. The van der Waals surface area contributed by atoms with Crippen molar-refractivity contribution in [1.82, 2.24) is 4.90 Å².